The second-order valence-corrected chi connectivity index (χ2v) is 10.5. The summed E-state index contributed by atoms with van der Waals surface area (Å²) < 4.78 is 18.2. The van der Waals surface area contributed by atoms with Gasteiger partial charge in [-0.25, -0.2) is 4.79 Å². The van der Waals surface area contributed by atoms with Gasteiger partial charge in [-0.3, -0.25) is 4.79 Å². The molecule has 1 N–H and O–H groups in total. The SMILES string of the molecule is COc1ccc2c(c1OCc1ccccc1)C[C@@H](C(=O)O)N(C(=O)[C@H](Oc1ccc3ccccc3c1)c1ccccc1)C2. The average molecular weight is 574 g/mol. The first kappa shape index (κ1) is 27.8. The molecule has 216 valence electrons. The molecular weight excluding hydrogens is 542 g/mol. The van der Waals surface area contributed by atoms with Crippen LogP contribution in [0.1, 0.15) is 28.4 Å². The smallest absolute Gasteiger partial charge is 0.326 e. The van der Waals surface area contributed by atoms with E-state index in [1.54, 1.807) is 13.2 Å². The third kappa shape index (κ3) is 5.88. The molecule has 5 aromatic rings. The number of aliphatic carboxylic acids is 1. The summed E-state index contributed by atoms with van der Waals surface area (Å²) >= 11 is 0. The third-order valence-corrected chi connectivity index (χ3v) is 7.75. The van der Waals surface area contributed by atoms with Crippen LogP contribution in [-0.2, 0) is 29.2 Å². The van der Waals surface area contributed by atoms with E-state index in [2.05, 4.69) is 0 Å². The van der Waals surface area contributed by atoms with Crippen LogP contribution in [0.15, 0.2) is 115 Å². The second kappa shape index (κ2) is 12.3. The molecule has 0 radical (unpaired) electrons. The largest absolute Gasteiger partial charge is 0.493 e. The lowest BCUT2D eigenvalue weighted by Gasteiger charge is -2.37. The van der Waals surface area contributed by atoms with E-state index in [0.29, 0.717) is 29.4 Å². The summed E-state index contributed by atoms with van der Waals surface area (Å²) in [7, 11) is 1.55. The number of fused-ring (bicyclic) bond motifs is 2. The fourth-order valence-corrected chi connectivity index (χ4v) is 5.53. The topological polar surface area (TPSA) is 85.3 Å². The number of rotatable bonds is 9. The highest BCUT2D eigenvalue weighted by Gasteiger charge is 2.40. The van der Waals surface area contributed by atoms with Gasteiger partial charge in [0.15, 0.2) is 11.5 Å². The van der Waals surface area contributed by atoms with Gasteiger partial charge in [-0.2, -0.15) is 0 Å². The molecule has 0 spiro atoms. The molecule has 0 saturated carbocycles. The summed E-state index contributed by atoms with van der Waals surface area (Å²) in [5, 5.41) is 12.4. The van der Waals surface area contributed by atoms with Gasteiger partial charge < -0.3 is 24.2 Å². The molecule has 0 aromatic heterocycles. The van der Waals surface area contributed by atoms with Gasteiger partial charge >= 0.3 is 5.97 Å². The molecule has 1 heterocycles. The molecular formula is C36H31NO6. The first-order valence-electron chi connectivity index (χ1n) is 14.1. The highest BCUT2D eigenvalue weighted by molar-refractivity contribution is 5.89. The lowest BCUT2D eigenvalue weighted by Crippen LogP contribution is -2.51. The van der Waals surface area contributed by atoms with Gasteiger partial charge in [-0.15, -0.1) is 0 Å². The Bertz CT molecular complexity index is 1750. The molecule has 7 heteroatoms. The van der Waals surface area contributed by atoms with Crippen molar-refractivity contribution in [3.63, 3.8) is 0 Å². The Labute approximate surface area is 249 Å². The van der Waals surface area contributed by atoms with Crippen molar-refractivity contribution in [2.24, 2.45) is 0 Å². The monoisotopic (exact) mass is 573 g/mol. The molecule has 1 aliphatic heterocycles. The minimum Gasteiger partial charge on any atom is -0.493 e. The minimum absolute atomic E-state index is 0.0647. The molecule has 6 rings (SSSR count). The summed E-state index contributed by atoms with van der Waals surface area (Å²) in [6, 6.07) is 35.0. The standard InChI is InChI=1S/C36H31NO6/c1-41-32-19-17-28-22-37(31(36(39)40)21-30(28)34(32)42-23-24-10-4-2-5-11-24)35(38)33(26-13-6-3-7-14-26)43-29-18-16-25-12-8-9-15-27(25)20-29/h2-20,31,33H,21-23H2,1H3,(H,39,40)/t31-,33+/m0/s1. The van der Waals surface area contributed by atoms with Crippen LogP contribution in [0, 0.1) is 0 Å². The number of nitrogens with zero attached hydrogens (tertiary/aromatic N) is 1. The van der Waals surface area contributed by atoms with E-state index < -0.39 is 24.0 Å². The van der Waals surface area contributed by atoms with Crippen LogP contribution < -0.4 is 14.2 Å². The number of carbonyl (C=O) groups excluding carboxylic acids is 1. The van der Waals surface area contributed by atoms with Crippen LogP contribution in [0.4, 0.5) is 0 Å². The van der Waals surface area contributed by atoms with Crippen molar-refractivity contribution in [3.8, 4) is 17.2 Å². The van der Waals surface area contributed by atoms with E-state index in [-0.39, 0.29) is 13.0 Å². The van der Waals surface area contributed by atoms with Crippen molar-refractivity contribution >= 4 is 22.6 Å². The third-order valence-electron chi connectivity index (χ3n) is 7.75. The second-order valence-electron chi connectivity index (χ2n) is 10.5. The Morgan fingerprint density at radius 1 is 0.860 bits per heavy atom. The van der Waals surface area contributed by atoms with E-state index in [9.17, 15) is 14.7 Å². The van der Waals surface area contributed by atoms with Crippen molar-refractivity contribution in [1.29, 1.82) is 0 Å². The number of amides is 1. The fourth-order valence-electron chi connectivity index (χ4n) is 5.53. The Hall–Kier alpha value is -5.30. The number of carboxylic acids is 1. The van der Waals surface area contributed by atoms with Crippen molar-refractivity contribution in [3.05, 3.63) is 138 Å². The highest BCUT2D eigenvalue weighted by atomic mass is 16.5. The van der Waals surface area contributed by atoms with Gasteiger partial charge in [0.1, 0.15) is 18.4 Å². The highest BCUT2D eigenvalue weighted by Crippen LogP contribution is 2.40. The Balaban J connectivity index is 1.34. The Morgan fingerprint density at radius 2 is 1.56 bits per heavy atom. The van der Waals surface area contributed by atoms with Crippen LogP contribution >= 0.6 is 0 Å². The number of benzene rings is 5. The predicted octanol–water partition coefficient (Wildman–Crippen LogP) is 6.59. The summed E-state index contributed by atoms with van der Waals surface area (Å²) in [5.74, 6) is -0.00512. The molecule has 7 nitrogen and oxygen atoms in total. The molecule has 1 amide bonds. The zero-order valence-electron chi connectivity index (χ0n) is 23.7. The van der Waals surface area contributed by atoms with Gasteiger partial charge in [0, 0.05) is 24.1 Å². The van der Waals surface area contributed by atoms with Crippen LogP contribution in [0.2, 0.25) is 0 Å². The van der Waals surface area contributed by atoms with E-state index in [4.69, 9.17) is 14.2 Å². The average Bonchev–Trinajstić information content (AvgIpc) is 3.05. The first-order valence-corrected chi connectivity index (χ1v) is 14.1. The van der Waals surface area contributed by atoms with E-state index in [0.717, 1.165) is 27.5 Å². The number of methoxy groups -OCH3 is 1. The quantitative estimate of drug-likeness (QED) is 0.214. The van der Waals surface area contributed by atoms with Gasteiger partial charge in [0.25, 0.3) is 5.91 Å². The van der Waals surface area contributed by atoms with E-state index in [1.165, 1.54) is 4.90 Å². The number of hydrogen-bond acceptors (Lipinski definition) is 5. The summed E-state index contributed by atoms with van der Waals surface area (Å²) in [5.41, 5.74) is 3.13. The molecule has 0 saturated heterocycles. The van der Waals surface area contributed by atoms with E-state index >= 15 is 0 Å². The summed E-state index contributed by atoms with van der Waals surface area (Å²) in [4.78, 5) is 28.4. The predicted molar refractivity (Wildman–Crippen MR) is 163 cm³/mol. The van der Waals surface area contributed by atoms with Gasteiger partial charge in [-0.05, 0) is 40.1 Å². The summed E-state index contributed by atoms with van der Waals surface area (Å²) in [6.07, 6.45) is -0.979. The van der Waals surface area contributed by atoms with Gasteiger partial charge in [-0.1, -0.05) is 97.1 Å². The molecule has 5 aromatic carbocycles. The van der Waals surface area contributed by atoms with Crippen molar-refractivity contribution in [2.45, 2.75) is 31.7 Å². The van der Waals surface area contributed by atoms with Crippen molar-refractivity contribution in [1.82, 2.24) is 4.90 Å². The number of carbonyl (C=O) groups is 2. The van der Waals surface area contributed by atoms with E-state index in [1.807, 2.05) is 109 Å². The minimum atomic E-state index is -1.13. The van der Waals surface area contributed by atoms with Crippen LogP contribution in [-0.4, -0.2) is 35.0 Å². The van der Waals surface area contributed by atoms with Gasteiger partial charge in [0.05, 0.1) is 7.11 Å². The maximum atomic E-state index is 14.3. The molecule has 0 fully saturated rings. The normalized spacial score (nSPS) is 14.9. The van der Waals surface area contributed by atoms with Crippen LogP contribution in [0.3, 0.4) is 0 Å². The molecule has 0 unspecified atom stereocenters. The first-order chi connectivity index (χ1) is 21.0. The lowest BCUT2D eigenvalue weighted by atomic mass is 9.91. The summed E-state index contributed by atoms with van der Waals surface area (Å²) in [6.45, 7) is 0.380. The fraction of sp³-hybridized carbons (Fsp3) is 0.167. The van der Waals surface area contributed by atoms with Gasteiger partial charge in [0.2, 0.25) is 6.10 Å². The number of hydrogen-bond donors (Lipinski definition) is 1. The molecule has 1 aliphatic rings. The molecule has 0 aliphatic carbocycles. The van der Waals surface area contributed by atoms with Crippen molar-refractivity contribution < 1.29 is 28.9 Å². The van der Waals surface area contributed by atoms with Crippen molar-refractivity contribution in [2.75, 3.05) is 7.11 Å². The number of carboxylic acid groups (broad SMARTS) is 1. The molecule has 43 heavy (non-hydrogen) atoms. The molecule has 0 bridgehead atoms. The Kier molecular flexibility index (Phi) is 7.96. The van der Waals surface area contributed by atoms with Crippen LogP contribution in [0.25, 0.3) is 10.8 Å². The van der Waals surface area contributed by atoms with Crippen LogP contribution in [0.5, 0.6) is 17.2 Å². The maximum Gasteiger partial charge on any atom is 0.326 e. The lowest BCUT2D eigenvalue weighted by molar-refractivity contribution is -0.155. The zero-order valence-corrected chi connectivity index (χ0v) is 23.7. The Morgan fingerprint density at radius 3 is 2.28 bits per heavy atom. The molecule has 2 atom stereocenters. The number of ether oxygens (including phenoxy) is 3. The maximum absolute atomic E-state index is 14.3. The zero-order chi connectivity index (χ0) is 29.8.